The molecule has 1 aromatic rings. The second-order valence-corrected chi connectivity index (χ2v) is 5.21. The van der Waals surface area contributed by atoms with E-state index in [-0.39, 0.29) is 6.07 Å². The number of nitro benzene ring substituents is 2. The zero-order chi connectivity index (χ0) is 18.4. The fraction of sp³-hybridized carbons (Fsp3) is 0.250. The van der Waals surface area contributed by atoms with E-state index in [4.69, 9.17) is 0 Å². The van der Waals surface area contributed by atoms with Gasteiger partial charge in [-0.1, -0.05) is 0 Å². The van der Waals surface area contributed by atoms with E-state index in [1.807, 2.05) is 0 Å². The van der Waals surface area contributed by atoms with Gasteiger partial charge in [-0.15, -0.1) is 3.89 Å². The number of alkyl halides is 5. The molecule has 0 aliphatic rings. The van der Waals surface area contributed by atoms with Gasteiger partial charge in [0.05, 0.1) is 9.85 Å². The first kappa shape index (κ1) is 18.6. The minimum absolute atomic E-state index is 0.330. The Labute approximate surface area is 121 Å². The molecule has 0 unspecified atom stereocenters. The van der Waals surface area contributed by atoms with Crippen molar-refractivity contribution in [3.8, 4) is 0 Å². The van der Waals surface area contributed by atoms with Gasteiger partial charge in [-0.05, 0) is 6.07 Å². The third-order valence-electron chi connectivity index (χ3n) is 2.42. The van der Waals surface area contributed by atoms with Crippen LogP contribution in [0.1, 0.15) is 5.56 Å². The van der Waals surface area contributed by atoms with Crippen LogP contribution in [0.2, 0.25) is 0 Å². The predicted octanol–water partition coefficient (Wildman–Crippen LogP) is 2.82. The smallest absolute Gasteiger partial charge is 0.258 e. The first-order valence-corrected chi connectivity index (χ1v) is 6.35. The summed E-state index contributed by atoms with van der Waals surface area (Å²) in [6.07, 6.45) is -6.45. The number of hydrogen-bond donors (Lipinski definition) is 0. The average Bonchev–Trinajstić information content (AvgIpc) is 2.34. The molecule has 1 aromatic carbocycles. The molecule has 0 amide bonds. The maximum Gasteiger partial charge on any atom is 0.458 e. The summed E-state index contributed by atoms with van der Waals surface area (Å²) in [6.45, 7) is 0. The van der Waals surface area contributed by atoms with Crippen LogP contribution in [0, 0.1) is 20.2 Å². The first-order valence-electron chi connectivity index (χ1n) is 4.97. The molecule has 0 spiro atoms. The molecule has 0 bridgehead atoms. The molecule has 128 valence electrons. The van der Waals surface area contributed by atoms with E-state index >= 15 is 0 Å². The molecule has 0 saturated carbocycles. The molecular formula is C8H2F6N2O6S. The third kappa shape index (κ3) is 3.33. The van der Waals surface area contributed by atoms with E-state index in [1.54, 1.807) is 0 Å². The Morgan fingerprint density at radius 3 is 1.74 bits per heavy atom. The van der Waals surface area contributed by atoms with Crippen LogP contribution in [0.15, 0.2) is 17.0 Å². The van der Waals surface area contributed by atoms with Crippen molar-refractivity contribution in [1.29, 1.82) is 0 Å². The molecule has 15 heteroatoms. The van der Waals surface area contributed by atoms with Gasteiger partial charge in [0, 0.05) is 6.07 Å². The number of halogens is 6. The standard InChI is InChI=1S/C8H2F6N2O6S/c9-7(10,8(11,12)13)4-1-3(23(14,21)22)2-5(15(17)18)6(4)16(19)20/h1-2H. The minimum Gasteiger partial charge on any atom is -0.258 e. The van der Waals surface area contributed by atoms with Crippen LogP contribution in [-0.2, 0) is 16.1 Å². The van der Waals surface area contributed by atoms with Gasteiger partial charge >= 0.3 is 33.7 Å². The van der Waals surface area contributed by atoms with Crippen molar-refractivity contribution >= 4 is 21.6 Å². The van der Waals surface area contributed by atoms with Crippen molar-refractivity contribution < 1.29 is 44.1 Å². The van der Waals surface area contributed by atoms with Gasteiger partial charge in [0.2, 0.25) is 0 Å². The summed E-state index contributed by atoms with van der Waals surface area (Å²) in [6, 6.07) is -1.00. The Balaban J connectivity index is 4.04. The summed E-state index contributed by atoms with van der Waals surface area (Å²) in [5.41, 5.74) is -7.00. The Morgan fingerprint density at radius 1 is 0.957 bits per heavy atom. The van der Waals surface area contributed by atoms with Gasteiger partial charge in [-0.25, -0.2) is 0 Å². The molecule has 23 heavy (non-hydrogen) atoms. The highest BCUT2D eigenvalue weighted by molar-refractivity contribution is 7.86. The van der Waals surface area contributed by atoms with Gasteiger partial charge in [-0.2, -0.15) is 30.4 Å². The van der Waals surface area contributed by atoms with Crippen molar-refractivity contribution in [2.75, 3.05) is 0 Å². The van der Waals surface area contributed by atoms with Crippen molar-refractivity contribution in [2.24, 2.45) is 0 Å². The van der Waals surface area contributed by atoms with E-state index in [1.165, 1.54) is 0 Å². The Morgan fingerprint density at radius 2 is 1.43 bits per heavy atom. The van der Waals surface area contributed by atoms with Crippen molar-refractivity contribution in [1.82, 2.24) is 0 Å². The lowest BCUT2D eigenvalue weighted by Gasteiger charge is -2.19. The molecule has 0 saturated heterocycles. The third-order valence-corrected chi connectivity index (χ3v) is 3.22. The number of rotatable bonds is 4. The molecule has 0 atom stereocenters. The first-order chi connectivity index (χ1) is 10.1. The lowest BCUT2D eigenvalue weighted by atomic mass is 10.0. The molecule has 8 nitrogen and oxygen atoms in total. The summed E-state index contributed by atoms with van der Waals surface area (Å²) in [7, 11) is -5.96. The highest BCUT2D eigenvalue weighted by Gasteiger charge is 2.62. The highest BCUT2D eigenvalue weighted by Crippen LogP contribution is 2.50. The van der Waals surface area contributed by atoms with Gasteiger partial charge in [0.1, 0.15) is 10.5 Å². The van der Waals surface area contributed by atoms with Crippen LogP contribution in [0.3, 0.4) is 0 Å². The molecule has 1 rings (SSSR count). The summed E-state index contributed by atoms with van der Waals surface area (Å²) in [5.74, 6) is -6.04. The summed E-state index contributed by atoms with van der Waals surface area (Å²) in [4.78, 5) is 15.6. The Hall–Kier alpha value is -2.45. The lowest BCUT2D eigenvalue weighted by Crippen LogP contribution is -2.34. The molecule has 0 fully saturated rings. The average molecular weight is 368 g/mol. The van der Waals surface area contributed by atoms with Crippen molar-refractivity contribution in [2.45, 2.75) is 17.0 Å². The van der Waals surface area contributed by atoms with E-state index in [2.05, 4.69) is 0 Å². The second kappa shape index (κ2) is 5.32. The van der Waals surface area contributed by atoms with Gasteiger partial charge < -0.3 is 0 Å². The van der Waals surface area contributed by atoms with Crippen molar-refractivity contribution in [3.63, 3.8) is 0 Å². The Bertz CT molecular complexity index is 789. The zero-order valence-corrected chi connectivity index (χ0v) is 11.0. The molecule has 0 heterocycles. The molecule has 0 aromatic heterocycles. The van der Waals surface area contributed by atoms with Gasteiger partial charge in [0.25, 0.3) is 0 Å². The van der Waals surface area contributed by atoms with Crippen LogP contribution in [0.25, 0.3) is 0 Å². The quantitative estimate of drug-likeness (QED) is 0.349. The van der Waals surface area contributed by atoms with Crippen LogP contribution < -0.4 is 0 Å². The lowest BCUT2D eigenvalue weighted by molar-refractivity contribution is -0.425. The van der Waals surface area contributed by atoms with Crippen LogP contribution >= 0.6 is 0 Å². The van der Waals surface area contributed by atoms with Gasteiger partial charge in [0.15, 0.2) is 0 Å². The molecule has 0 radical (unpaired) electrons. The molecular weight excluding hydrogens is 366 g/mol. The second-order valence-electron chi connectivity index (χ2n) is 3.86. The topological polar surface area (TPSA) is 120 Å². The fourth-order valence-electron chi connectivity index (χ4n) is 1.46. The van der Waals surface area contributed by atoms with E-state index in [0.29, 0.717) is 0 Å². The van der Waals surface area contributed by atoms with Gasteiger partial charge in [-0.3, -0.25) is 20.2 Å². The van der Waals surface area contributed by atoms with Crippen LogP contribution in [0.5, 0.6) is 0 Å². The maximum absolute atomic E-state index is 13.3. The summed E-state index contributed by atoms with van der Waals surface area (Å²) < 4.78 is 97.7. The van der Waals surface area contributed by atoms with E-state index in [0.717, 1.165) is 0 Å². The van der Waals surface area contributed by atoms with Crippen molar-refractivity contribution in [3.05, 3.63) is 37.9 Å². The number of benzene rings is 1. The SMILES string of the molecule is O=[N+]([O-])c1cc(S(=O)(=O)F)cc(C(F)(F)C(F)(F)F)c1[N+](=O)[O-]. The predicted molar refractivity (Wildman–Crippen MR) is 58.0 cm³/mol. The van der Waals surface area contributed by atoms with Crippen LogP contribution in [0.4, 0.5) is 37.2 Å². The largest absolute Gasteiger partial charge is 0.458 e. The zero-order valence-electron chi connectivity index (χ0n) is 10.2. The Kier molecular flexibility index (Phi) is 4.30. The normalized spacial score (nSPS) is 13.0. The molecule has 0 N–H and O–H groups in total. The van der Waals surface area contributed by atoms with E-state index < -0.39 is 60.1 Å². The highest BCUT2D eigenvalue weighted by atomic mass is 32.3. The fourth-order valence-corrected chi connectivity index (χ4v) is 1.97. The number of hydrogen-bond acceptors (Lipinski definition) is 6. The monoisotopic (exact) mass is 368 g/mol. The van der Waals surface area contributed by atoms with Crippen LogP contribution in [-0.4, -0.2) is 24.4 Å². The minimum atomic E-state index is -6.45. The molecule has 0 aliphatic carbocycles. The van der Waals surface area contributed by atoms with E-state index in [9.17, 15) is 54.5 Å². The summed E-state index contributed by atoms with van der Waals surface area (Å²) >= 11 is 0. The number of nitro groups is 2. The molecule has 0 aliphatic heterocycles. The maximum atomic E-state index is 13.3. The summed E-state index contributed by atoms with van der Waals surface area (Å²) in [5, 5.41) is 21.2. The number of nitrogens with zero attached hydrogens (tertiary/aromatic N) is 2.